The van der Waals surface area contributed by atoms with Crippen molar-refractivity contribution in [2.75, 3.05) is 18.5 Å². The van der Waals surface area contributed by atoms with Crippen LogP contribution in [0.5, 0.6) is 0 Å². The molecule has 2 fully saturated rings. The molecule has 0 spiro atoms. The molecule has 4 N–H and O–H groups in total. The lowest BCUT2D eigenvalue weighted by molar-refractivity contribution is 0.0252. The summed E-state index contributed by atoms with van der Waals surface area (Å²) in [5, 5.41) is 21.0. The Balaban J connectivity index is 0.000000151. The van der Waals surface area contributed by atoms with Gasteiger partial charge < -0.3 is 20.5 Å². The number of aromatic nitrogens is 3. The Morgan fingerprint density at radius 1 is 1.41 bits per heavy atom. The zero-order valence-electron chi connectivity index (χ0n) is 12.5. The number of halogens is 1. The van der Waals surface area contributed by atoms with Crippen LogP contribution in [0.4, 0.5) is 10.1 Å². The minimum atomic E-state index is -0.404. The highest BCUT2D eigenvalue weighted by Crippen LogP contribution is 2.51. The SMILES string of the molecule is Cc1cc(NCCF)c2[nH]cnc2n1.OC1CC2CC2C1O. The summed E-state index contributed by atoms with van der Waals surface area (Å²) in [4.78, 5) is 11.2. The van der Waals surface area contributed by atoms with E-state index >= 15 is 0 Å². The maximum Gasteiger partial charge on any atom is 0.179 e. The molecule has 4 rings (SSSR count). The summed E-state index contributed by atoms with van der Waals surface area (Å²) in [6, 6.07) is 1.87. The number of nitrogens with zero attached hydrogens (tertiary/aromatic N) is 2. The Bertz CT molecular complexity index is 646. The molecule has 0 saturated heterocycles. The second kappa shape index (κ2) is 6.18. The quantitative estimate of drug-likeness (QED) is 0.687. The highest BCUT2D eigenvalue weighted by Gasteiger charge is 2.52. The lowest BCUT2D eigenvalue weighted by Gasteiger charge is -2.08. The van der Waals surface area contributed by atoms with Crippen molar-refractivity contribution >= 4 is 16.9 Å². The molecule has 120 valence electrons. The number of pyridine rings is 1. The van der Waals surface area contributed by atoms with Gasteiger partial charge in [0, 0.05) is 12.2 Å². The van der Waals surface area contributed by atoms with E-state index in [-0.39, 0.29) is 6.10 Å². The Hall–Kier alpha value is -1.73. The number of H-pyrrole nitrogens is 1. The van der Waals surface area contributed by atoms with Gasteiger partial charge >= 0.3 is 0 Å². The Morgan fingerprint density at radius 3 is 2.82 bits per heavy atom. The van der Waals surface area contributed by atoms with Gasteiger partial charge in [-0.05, 0) is 37.7 Å². The van der Waals surface area contributed by atoms with Crippen molar-refractivity contribution in [3.63, 3.8) is 0 Å². The molecule has 2 aliphatic rings. The van der Waals surface area contributed by atoms with E-state index < -0.39 is 12.8 Å². The second-order valence-corrected chi connectivity index (χ2v) is 5.98. The summed E-state index contributed by atoms with van der Waals surface area (Å²) in [5.41, 5.74) is 3.20. The van der Waals surface area contributed by atoms with Crippen molar-refractivity contribution in [2.24, 2.45) is 11.8 Å². The lowest BCUT2D eigenvalue weighted by Crippen LogP contribution is -2.22. The summed E-state index contributed by atoms with van der Waals surface area (Å²) < 4.78 is 12.0. The van der Waals surface area contributed by atoms with E-state index in [0.29, 0.717) is 24.0 Å². The molecular formula is C15H21FN4O2. The predicted molar refractivity (Wildman–Crippen MR) is 81.3 cm³/mol. The molecule has 0 bridgehead atoms. The zero-order valence-corrected chi connectivity index (χ0v) is 12.5. The fourth-order valence-corrected chi connectivity index (χ4v) is 3.07. The molecule has 0 aromatic carbocycles. The van der Waals surface area contributed by atoms with Crippen molar-refractivity contribution in [3.05, 3.63) is 18.1 Å². The van der Waals surface area contributed by atoms with Gasteiger partial charge in [0.2, 0.25) is 0 Å². The van der Waals surface area contributed by atoms with Crippen LogP contribution in [0.1, 0.15) is 18.5 Å². The van der Waals surface area contributed by atoms with Gasteiger partial charge in [-0.3, -0.25) is 0 Å². The first-order valence-electron chi connectivity index (χ1n) is 7.57. The van der Waals surface area contributed by atoms with E-state index in [1.807, 2.05) is 13.0 Å². The number of hydrogen-bond acceptors (Lipinski definition) is 5. The fraction of sp³-hybridized carbons (Fsp3) is 0.600. The first-order valence-corrected chi connectivity index (χ1v) is 7.57. The topological polar surface area (TPSA) is 94.1 Å². The number of aliphatic hydroxyl groups is 2. The molecule has 2 saturated carbocycles. The molecule has 0 aliphatic heterocycles. The van der Waals surface area contributed by atoms with E-state index in [1.165, 1.54) is 0 Å². The van der Waals surface area contributed by atoms with Crippen LogP contribution in [-0.4, -0.2) is 50.6 Å². The van der Waals surface area contributed by atoms with Gasteiger partial charge in [0.25, 0.3) is 0 Å². The summed E-state index contributed by atoms with van der Waals surface area (Å²) in [6.07, 6.45) is 2.78. The van der Waals surface area contributed by atoms with Gasteiger partial charge in [0.05, 0.1) is 24.2 Å². The normalized spacial score (nSPS) is 28.9. The maximum atomic E-state index is 12.0. The van der Waals surface area contributed by atoms with Crippen LogP contribution < -0.4 is 5.32 Å². The summed E-state index contributed by atoms with van der Waals surface area (Å²) >= 11 is 0. The predicted octanol–water partition coefficient (Wildman–Crippen LogP) is 1.40. The number of imidazole rings is 1. The number of rotatable bonds is 3. The average Bonchev–Trinajstić information content (AvgIpc) is 2.98. The van der Waals surface area contributed by atoms with Gasteiger partial charge in [-0.25, -0.2) is 14.4 Å². The molecular weight excluding hydrogens is 287 g/mol. The molecule has 4 atom stereocenters. The van der Waals surface area contributed by atoms with Crippen LogP contribution in [0, 0.1) is 18.8 Å². The number of anilines is 1. The van der Waals surface area contributed by atoms with Crippen molar-refractivity contribution in [1.29, 1.82) is 0 Å². The van der Waals surface area contributed by atoms with Crippen molar-refractivity contribution in [2.45, 2.75) is 32.0 Å². The molecule has 2 heterocycles. The molecule has 0 amide bonds. The van der Waals surface area contributed by atoms with Crippen molar-refractivity contribution in [3.8, 4) is 0 Å². The fourth-order valence-electron chi connectivity index (χ4n) is 3.07. The lowest BCUT2D eigenvalue weighted by atomic mass is 10.2. The van der Waals surface area contributed by atoms with Crippen LogP contribution >= 0.6 is 0 Å². The van der Waals surface area contributed by atoms with Gasteiger partial charge in [-0.15, -0.1) is 0 Å². The molecule has 7 heteroatoms. The number of aliphatic hydroxyl groups excluding tert-OH is 2. The first kappa shape index (κ1) is 15.2. The molecule has 0 radical (unpaired) electrons. The van der Waals surface area contributed by atoms with Crippen LogP contribution in [0.3, 0.4) is 0 Å². The average molecular weight is 308 g/mol. The van der Waals surface area contributed by atoms with Gasteiger partial charge in [-0.2, -0.15) is 0 Å². The highest BCUT2D eigenvalue weighted by atomic mass is 19.1. The number of fused-ring (bicyclic) bond motifs is 2. The largest absolute Gasteiger partial charge is 0.390 e. The van der Waals surface area contributed by atoms with Gasteiger partial charge in [-0.1, -0.05) is 0 Å². The minimum Gasteiger partial charge on any atom is -0.390 e. The smallest absolute Gasteiger partial charge is 0.179 e. The molecule has 2 aliphatic carbocycles. The van der Waals surface area contributed by atoms with Crippen molar-refractivity contribution in [1.82, 2.24) is 15.0 Å². The molecule has 4 unspecified atom stereocenters. The summed E-state index contributed by atoms with van der Waals surface area (Å²) in [7, 11) is 0. The second-order valence-electron chi connectivity index (χ2n) is 5.98. The van der Waals surface area contributed by atoms with Gasteiger partial charge in [0.15, 0.2) is 5.65 Å². The summed E-state index contributed by atoms with van der Waals surface area (Å²) in [6.45, 7) is 1.79. The monoisotopic (exact) mass is 308 g/mol. The van der Waals surface area contributed by atoms with Crippen LogP contribution in [0.2, 0.25) is 0 Å². The standard InChI is InChI=1S/C9H11FN4.C6H10O2/c1-6-4-7(11-3-2-10)8-9(14-6)13-5-12-8;7-5-2-3-1-4(3)6(5)8/h4-5H,2-3H2,1H3,(H2,11,12,13,14);3-8H,1-2H2. The Kier molecular flexibility index (Phi) is 4.26. The third-order valence-electron chi connectivity index (χ3n) is 4.29. The Labute approximate surface area is 127 Å². The maximum absolute atomic E-state index is 12.0. The molecule has 2 aromatic heterocycles. The summed E-state index contributed by atoms with van der Waals surface area (Å²) in [5.74, 6) is 1.13. The van der Waals surface area contributed by atoms with E-state index in [0.717, 1.165) is 29.7 Å². The van der Waals surface area contributed by atoms with Crippen LogP contribution in [0.15, 0.2) is 12.4 Å². The minimum absolute atomic E-state index is 0.303. The zero-order chi connectivity index (χ0) is 15.7. The van der Waals surface area contributed by atoms with E-state index in [9.17, 15) is 4.39 Å². The third-order valence-corrected chi connectivity index (χ3v) is 4.29. The Morgan fingerprint density at radius 2 is 2.23 bits per heavy atom. The number of alkyl halides is 1. The van der Waals surface area contributed by atoms with Crippen molar-refractivity contribution < 1.29 is 14.6 Å². The van der Waals surface area contributed by atoms with Gasteiger partial charge in [0.1, 0.15) is 12.2 Å². The van der Waals surface area contributed by atoms with E-state index in [1.54, 1.807) is 6.33 Å². The number of hydrogen-bond donors (Lipinski definition) is 4. The third kappa shape index (κ3) is 3.05. The van der Waals surface area contributed by atoms with E-state index in [4.69, 9.17) is 10.2 Å². The van der Waals surface area contributed by atoms with E-state index in [2.05, 4.69) is 20.3 Å². The number of nitrogens with one attached hydrogen (secondary N) is 2. The highest BCUT2D eigenvalue weighted by molar-refractivity contribution is 5.85. The molecule has 2 aromatic rings. The first-order chi connectivity index (χ1) is 10.6. The molecule has 6 nitrogen and oxygen atoms in total. The number of aryl methyl sites for hydroxylation is 1. The molecule has 22 heavy (non-hydrogen) atoms. The number of aromatic amines is 1. The van der Waals surface area contributed by atoms with Crippen LogP contribution in [-0.2, 0) is 0 Å². The van der Waals surface area contributed by atoms with Crippen LogP contribution in [0.25, 0.3) is 11.2 Å².